The molecule has 186 valence electrons. The number of benzene rings is 2. The van der Waals surface area contributed by atoms with Crippen molar-refractivity contribution in [1.82, 2.24) is 14.6 Å². The van der Waals surface area contributed by atoms with E-state index in [1.54, 1.807) is 32.5 Å². The van der Waals surface area contributed by atoms with Crippen molar-refractivity contribution < 1.29 is 23.4 Å². The zero-order valence-electron chi connectivity index (χ0n) is 20.0. The third-order valence-corrected chi connectivity index (χ3v) is 6.23. The number of fused-ring (bicyclic) bond motifs is 1. The molecule has 5 rings (SSSR count). The van der Waals surface area contributed by atoms with E-state index in [1.165, 1.54) is 22.7 Å². The van der Waals surface area contributed by atoms with Gasteiger partial charge >= 0.3 is 6.09 Å². The average molecular weight is 492 g/mol. The fourth-order valence-electron chi connectivity index (χ4n) is 4.11. The Bertz CT molecular complexity index is 1400. The summed E-state index contributed by atoms with van der Waals surface area (Å²) in [5, 5.41) is 10.3. The van der Waals surface area contributed by atoms with E-state index in [2.05, 4.69) is 15.7 Å². The van der Waals surface area contributed by atoms with E-state index in [0.29, 0.717) is 35.4 Å². The Morgan fingerprint density at radius 3 is 2.72 bits per heavy atom. The van der Waals surface area contributed by atoms with Gasteiger partial charge in [-0.2, -0.15) is 9.61 Å². The number of carbonyl (C=O) groups is 1. The smallest absolute Gasteiger partial charge is 0.418 e. The molecule has 1 aliphatic carbocycles. The molecule has 0 aliphatic heterocycles. The molecule has 9 nitrogen and oxygen atoms in total. The lowest BCUT2D eigenvalue weighted by molar-refractivity contribution is 0.212. The third-order valence-electron chi connectivity index (χ3n) is 6.23. The summed E-state index contributed by atoms with van der Waals surface area (Å²) >= 11 is 0. The van der Waals surface area contributed by atoms with Crippen molar-refractivity contribution in [3.05, 3.63) is 71.7 Å². The summed E-state index contributed by atoms with van der Waals surface area (Å²) in [5.74, 6) is 1.98. The van der Waals surface area contributed by atoms with Gasteiger partial charge in [-0.15, -0.1) is 0 Å². The second kappa shape index (κ2) is 10.1. The van der Waals surface area contributed by atoms with Crippen LogP contribution in [-0.4, -0.2) is 34.9 Å². The van der Waals surface area contributed by atoms with Crippen LogP contribution in [0.15, 0.2) is 54.7 Å². The van der Waals surface area contributed by atoms with Crippen LogP contribution in [0.1, 0.15) is 36.3 Å². The van der Waals surface area contributed by atoms with Gasteiger partial charge in [0.25, 0.3) is 0 Å². The lowest BCUT2D eigenvalue weighted by Gasteiger charge is -2.24. The van der Waals surface area contributed by atoms with Crippen molar-refractivity contribution in [3.63, 3.8) is 0 Å². The van der Waals surface area contributed by atoms with E-state index >= 15 is 0 Å². The molecule has 2 N–H and O–H groups in total. The number of halogens is 1. The standard InChI is InChI=1S/C26H26FN5O4/c1-34-20-10-9-17(22(12-20)35-2)14-28-23-13-24(36-26(33)30-19-8-4-7-18(27)11-19)32-25(31-23)21(15-29-32)16-5-3-6-16/h4,7-13,15-16H,3,5-6,14H2,1-2H3,(H,28,31)(H,30,33). The van der Waals surface area contributed by atoms with Crippen molar-refractivity contribution in [1.29, 1.82) is 0 Å². The fourth-order valence-corrected chi connectivity index (χ4v) is 4.11. The molecule has 4 aromatic rings. The topological polar surface area (TPSA) is 99.0 Å². The highest BCUT2D eigenvalue weighted by Gasteiger charge is 2.25. The van der Waals surface area contributed by atoms with Crippen LogP contribution in [0.5, 0.6) is 17.4 Å². The number of ether oxygens (including phenoxy) is 3. The van der Waals surface area contributed by atoms with Crippen molar-refractivity contribution >= 4 is 23.2 Å². The molecule has 1 saturated carbocycles. The Morgan fingerprint density at radius 2 is 2.00 bits per heavy atom. The first-order valence-corrected chi connectivity index (χ1v) is 11.6. The Kier molecular flexibility index (Phi) is 6.57. The highest BCUT2D eigenvalue weighted by atomic mass is 19.1. The summed E-state index contributed by atoms with van der Waals surface area (Å²) in [6, 6.07) is 12.8. The average Bonchev–Trinajstić information content (AvgIpc) is 3.25. The number of hydrogen-bond donors (Lipinski definition) is 2. The van der Waals surface area contributed by atoms with Gasteiger partial charge in [0.1, 0.15) is 23.1 Å². The summed E-state index contributed by atoms with van der Waals surface area (Å²) < 4.78 is 31.4. The minimum atomic E-state index is -0.767. The number of amides is 1. The number of methoxy groups -OCH3 is 2. The summed E-state index contributed by atoms with van der Waals surface area (Å²) in [7, 11) is 3.20. The largest absolute Gasteiger partial charge is 0.497 e. The number of nitrogens with one attached hydrogen (secondary N) is 2. The molecule has 1 amide bonds. The Morgan fingerprint density at radius 1 is 1.14 bits per heavy atom. The minimum absolute atomic E-state index is 0.184. The maximum atomic E-state index is 13.5. The lowest BCUT2D eigenvalue weighted by atomic mass is 9.81. The maximum absolute atomic E-state index is 13.5. The van der Waals surface area contributed by atoms with Crippen LogP contribution in [0.25, 0.3) is 5.65 Å². The number of rotatable bonds is 8. The summed E-state index contributed by atoms with van der Waals surface area (Å²) in [6.45, 7) is 0.415. The van der Waals surface area contributed by atoms with Crippen LogP contribution in [0.2, 0.25) is 0 Å². The highest BCUT2D eigenvalue weighted by Crippen LogP contribution is 2.39. The molecule has 0 atom stereocenters. The van der Waals surface area contributed by atoms with E-state index < -0.39 is 11.9 Å². The molecule has 36 heavy (non-hydrogen) atoms. The molecule has 0 bridgehead atoms. The first-order chi connectivity index (χ1) is 17.5. The number of nitrogens with zero attached hydrogens (tertiary/aromatic N) is 3. The molecule has 0 radical (unpaired) electrons. The van der Waals surface area contributed by atoms with Gasteiger partial charge in [0.05, 0.1) is 20.4 Å². The predicted octanol–water partition coefficient (Wildman–Crippen LogP) is 5.38. The molecule has 10 heteroatoms. The molecule has 2 aromatic heterocycles. The Hall–Kier alpha value is -4.34. The van der Waals surface area contributed by atoms with E-state index in [0.717, 1.165) is 30.4 Å². The van der Waals surface area contributed by atoms with Gasteiger partial charge in [-0.25, -0.2) is 14.2 Å². The quantitative estimate of drug-likeness (QED) is 0.342. The summed E-state index contributed by atoms with van der Waals surface area (Å²) in [5.41, 5.74) is 2.83. The van der Waals surface area contributed by atoms with Crippen LogP contribution in [0.4, 0.5) is 20.7 Å². The molecule has 0 spiro atoms. The third kappa shape index (κ3) is 4.88. The molecule has 0 unspecified atom stereocenters. The van der Waals surface area contributed by atoms with Crippen LogP contribution < -0.4 is 24.8 Å². The van der Waals surface area contributed by atoms with E-state index in [1.807, 2.05) is 18.2 Å². The zero-order chi connectivity index (χ0) is 25.1. The maximum Gasteiger partial charge on any atom is 0.418 e. The normalized spacial score (nSPS) is 13.2. The van der Waals surface area contributed by atoms with Crippen LogP contribution in [0.3, 0.4) is 0 Å². The molecule has 0 saturated heterocycles. The second-order valence-electron chi connectivity index (χ2n) is 8.50. The molecule has 2 aromatic carbocycles. The SMILES string of the molecule is COc1ccc(CNc2cc(OC(=O)Nc3cccc(F)c3)n3ncc(C4CCC4)c3n2)c(OC)c1. The van der Waals surface area contributed by atoms with E-state index in [9.17, 15) is 9.18 Å². The number of aromatic nitrogens is 3. The second-order valence-corrected chi connectivity index (χ2v) is 8.50. The number of carbonyl (C=O) groups excluding carboxylic acids is 1. The van der Waals surface area contributed by atoms with E-state index in [-0.39, 0.29) is 11.6 Å². The van der Waals surface area contributed by atoms with Crippen LogP contribution >= 0.6 is 0 Å². The van der Waals surface area contributed by atoms with Gasteiger partial charge in [0.2, 0.25) is 5.88 Å². The van der Waals surface area contributed by atoms with Crippen molar-refractivity contribution in [2.75, 3.05) is 24.9 Å². The fraction of sp³-hybridized carbons (Fsp3) is 0.269. The first kappa shape index (κ1) is 23.4. The van der Waals surface area contributed by atoms with Gasteiger partial charge in [-0.05, 0) is 49.1 Å². The molecule has 1 aliphatic rings. The highest BCUT2D eigenvalue weighted by molar-refractivity contribution is 5.86. The Labute approximate surface area is 207 Å². The predicted molar refractivity (Wildman–Crippen MR) is 132 cm³/mol. The van der Waals surface area contributed by atoms with Gasteiger partial charge < -0.3 is 19.5 Å². The lowest BCUT2D eigenvalue weighted by Crippen LogP contribution is -2.19. The van der Waals surface area contributed by atoms with Gasteiger partial charge in [-0.1, -0.05) is 12.5 Å². The van der Waals surface area contributed by atoms with Gasteiger partial charge in [0.15, 0.2) is 5.65 Å². The minimum Gasteiger partial charge on any atom is -0.497 e. The molecular weight excluding hydrogens is 465 g/mol. The Balaban J connectivity index is 1.42. The van der Waals surface area contributed by atoms with Crippen molar-refractivity contribution in [3.8, 4) is 17.4 Å². The van der Waals surface area contributed by atoms with Gasteiger partial charge in [-0.3, -0.25) is 5.32 Å². The zero-order valence-corrected chi connectivity index (χ0v) is 20.0. The van der Waals surface area contributed by atoms with Crippen molar-refractivity contribution in [2.24, 2.45) is 0 Å². The molecule has 1 fully saturated rings. The first-order valence-electron chi connectivity index (χ1n) is 11.6. The van der Waals surface area contributed by atoms with Gasteiger partial charge in [0, 0.05) is 35.5 Å². The van der Waals surface area contributed by atoms with Crippen molar-refractivity contribution in [2.45, 2.75) is 31.7 Å². The monoisotopic (exact) mass is 491 g/mol. The van der Waals surface area contributed by atoms with Crippen LogP contribution in [-0.2, 0) is 6.54 Å². The summed E-state index contributed by atoms with van der Waals surface area (Å²) in [6.07, 6.45) is 4.31. The number of anilines is 2. The molecule has 2 heterocycles. The summed E-state index contributed by atoms with van der Waals surface area (Å²) in [4.78, 5) is 17.4. The van der Waals surface area contributed by atoms with E-state index in [4.69, 9.17) is 19.2 Å². The number of hydrogen-bond acceptors (Lipinski definition) is 7. The van der Waals surface area contributed by atoms with Crippen LogP contribution in [0, 0.1) is 5.82 Å². The molecular formula is C26H26FN5O4.